The van der Waals surface area contributed by atoms with Crippen molar-refractivity contribution in [3.05, 3.63) is 93.0 Å². The number of nitrogens with one attached hydrogen (secondary N) is 2. The lowest BCUT2D eigenvalue weighted by atomic mass is 10.1. The van der Waals surface area contributed by atoms with E-state index < -0.39 is 5.91 Å². The van der Waals surface area contributed by atoms with Gasteiger partial charge in [0.2, 0.25) is 0 Å². The molecule has 0 radical (unpaired) electrons. The summed E-state index contributed by atoms with van der Waals surface area (Å²) < 4.78 is 6.20. The van der Waals surface area contributed by atoms with Crippen LogP contribution in [0.1, 0.15) is 22.3 Å². The first-order chi connectivity index (χ1) is 16.3. The lowest BCUT2D eigenvalue weighted by Gasteiger charge is -2.11. The van der Waals surface area contributed by atoms with E-state index in [9.17, 15) is 14.9 Å². The summed E-state index contributed by atoms with van der Waals surface area (Å²) in [5.41, 5.74) is 5.07. The lowest BCUT2D eigenvalue weighted by molar-refractivity contribution is -0.118. The summed E-state index contributed by atoms with van der Waals surface area (Å²) in [5, 5.41) is 15.1. The van der Waals surface area contributed by atoms with E-state index in [0.717, 1.165) is 16.7 Å². The molecule has 7 heteroatoms. The van der Waals surface area contributed by atoms with Crippen molar-refractivity contribution < 1.29 is 14.3 Å². The average molecular weight is 518 g/mol. The Kier molecular flexibility index (Phi) is 8.23. The standard InChI is InChI=1S/C27H24BrN3O3/c1-17-7-10-22(11-8-17)30-26(32)16-34-25-12-9-20(14-23(25)28)13-21(15-29)27(33)31-24-6-4-5-18(2)19(24)3/h4-14H,16H2,1-3H3,(H,30,32)(H,31,33)/b21-13+. The van der Waals surface area contributed by atoms with Crippen LogP contribution in [0.4, 0.5) is 11.4 Å². The van der Waals surface area contributed by atoms with Crippen LogP contribution in [0.2, 0.25) is 0 Å². The molecule has 0 unspecified atom stereocenters. The minimum absolute atomic E-state index is 0.0287. The fraction of sp³-hybridized carbons (Fsp3) is 0.148. The Labute approximate surface area is 207 Å². The molecule has 0 aliphatic heterocycles. The van der Waals surface area contributed by atoms with Gasteiger partial charge in [-0.05, 0) is 89.8 Å². The highest BCUT2D eigenvalue weighted by Gasteiger charge is 2.13. The van der Waals surface area contributed by atoms with Crippen molar-refractivity contribution in [3.8, 4) is 11.8 Å². The second-order valence-corrected chi connectivity index (χ2v) is 8.62. The van der Waals surface area contributed by atoms with Crippen molar-refractivity contribution in [1.82, 2.24) is 0 Å². The molecule has 0 atom stereocenters. The van der Waals surface area contributed by atoms with Crippen molar-refractivity contribution in [2.24, 2.45) is 0 Å². The van der Waals surface area contributed by atoms with Gasteiger partial charge >= 0.3 is 0 Å². The number of carbonyl (C=O) groups excluding carboxylic acids is 2. The Morgan fingerprint density at radius 1 is 1.03 bits per heavy atom. The van der Waals surface area contributed by atoms with Gasteiger partial charge in [-0.25, -0.2) is 0 Å². The van der Waals surface area contributed by atoms with Crippen LogP contribution in [-0.4, -0.2) is 18.4 Å². The number of rotatable bonds is 7. The van der Waals surface area contributed by atoms with Crippen LogP contribution in [-0.2, 0) is 9.59 Å². The van der Waals surface area contributed by atoms with E-state index in [1.165, 1.54) is 6.08 Å². The molecule has 2 amide bonds. The lowest BCUT2D eigenvalue weighted by Crippen LogP contribution is -2.20. The van der Waals surface area contributed by atoms with E-state index in [2.05, 4.69) is 26.6 Å². The molecule has 2 N–H and O–H groups in total. The van der Waals surface area contributed by atoms with E-state index >= 15 is 0 Å². The number of aryl methyl sites for hydroxylation is 2. The zero-order chi connectivity index (χ0) is 24.7. The van der Waals surface area contributed by atoms with Gasteiger partial charge in [-0.15, -0.1) is 0 Å². The van der Waals surface area contributed by atoms with Gasteiger partial charge in [0.1, 0.15) is 17.4 Å². The molecule has 3 rings (SSSR count). The number of nitriles is 1. The zero-order valence-electron chi connectivity index (χ0n) is 19.1. The molecule has 0 saturated carbocycles. The number of carbonyl (C=O) groups is 2. The number of nitrogens with zero attached hydrogens (tertiary/aromatic N) is 1. The van der Waals surface area contributed by atoms with E-state index in [4.69, 9.17) is 4.74 Å². The van der Waals surface area contributed by atoms with Gasteiger partial charge in [-0.2, -0.15) is 5.26 Å². The number of anilines is 2. The topological polar surface area (TPSA) is 91.2 Å². The molecule has 0 aliphatic carbocycles. The number of hydrogen-bond donors (Lipinski definition) is 2. The van der Waals surface area contributed by atoms with Crippen LogP contribution in [0.25, 0.3) is 6.08 Å². The Morgan fingerprint density at radius 3 is 2.44 bits per heavy atom. The van der Waals surface area contributed by atoms with Gasteiger partial charge in [-0.3, -0.25) is 9.59 Å². The van der Waals surface area contributed by atoms with E-state index in [0.29, 0.717) is 27.2 Å². The van der Waals surface area contributed by atoms with Crippen LogP contribution >= 0.6 is 15.9 Å². The van der Waals surface area contributed by atoms with Gasteiger partial charge in [0.15, 0.2) is 6.61 Å². The molecule has 6 nitrogen and oxygen atoms in total. The predicted octanol–water partition coefficient (Wildman–Crippen LogP) is 5.94. The minimum atomic E-state index is -0.486. The van der Waals surface area contributed by atoms with Gasteiger partial charge < -0.3 is 15.4 Å². The predicted molar refractivity (Wildman–Crippen MR) is 138 cm³/mol. The average Bonchev–Trinajstić information content (AvgIpc) is 2.81. The first-order valence-corrected chi connectivity index (χ1v) is 11.3. The second-order valence-electron chi connectivity index (χ2n) is 7.76. The SMILES string of the molecule is Cc1ccc(NC(=O)COc2ccc(/C=C(\C#N)C(=O)Nc3cccc(C)c3C)cc2Br)cc1. The van der Waals surface area contributed by atoms with Crippen LogP contribution < -0.4 is 15.4 Å². The smallest absolute Gasteiger partial charge is 0.266 e. The molecule has 0 aromatic heterocycles. The summed E-state index contributed by atoms with van der Waals surface area (Å²) in [6.45, 7) is 5.68. The van der Waals surface area contributed by atoms with Crippen molar-refractivity contribution in [1.29, 1.82) is 5.26 Å². The van der Waals surface area contributed by atoms with Crippen molar-refractivity contribution >= 4 is 45.2 Å². The highest BCUT2D eigenvalue weighted by Crippen LogP contribution is 2.27. The van der Waals surface area contributed by atoms with E-state index in [1.54, 1.807) is 24.3 Å². The van der Waals surface area contributed by atoms with Crippen LogP contribution in [0.15, 0.2) is 70.7 Å². The third-order valence-electron chi connectivity index (χ3n) is 5.18. The van der Waals surface area contributed by atoms with Gasteiger partial charge in [0, 0.05) is 11.4 Å². The number of hydrogen-bond acceptors (Lipinski definition) is 4. The molecule has 3 aromatic rings. The van der Waals surface area contributed by atoms with Crippen LogP contribution in [0, 0.1) is 32.1 Å². The highest BCUT2D eigenvalue weighted by molar-refractivity contribution is 9.10. The van der Waals surface area contributed by atoms with E-state index in [1.807, 2.05) is 63.2 Å². The Bertz CT molecular complexity index is 1290. The molecule has 0 bridgehead atoms. The maximum absolute atomic E-state index is 12.6. The fourth-order valence-corrected chi connectivity index (χ4v) is 3.60. The van der Waals surface area contributed by atoms with Crippen LogP contribution in [0.5, 0.6) is 5.75 Å². The quantitative estimate of drug-likeness (QED) is 0.299. The Balaban J connectivity index is 1.65. The third-order valence-corrected chi connectivity index (χ3v) is 5.80. The molecular weight excluding hydrogens is 494 g/mol. The zero-order valence-corrected chi connectivity index (χ0v) is 20.7. The monoisotopic (exact) mass is 517 g/mol. The summed E-state index contributed by atoms with van der Waals surface area (Å²) in [6, 6.07) is 20.1. The van der Waals surface area contributed by atoms with E-state index in [-0.39, 0.29) is 18.1 Å². The first-order valence-electron chi connectivity index (χ1n) is 10.5. The first kappa shape index (κ1) is 24.7. The molecule has 34 heavy (non-hydrogen) atoms. The Morgan fingerprint density at radius 2 is 1.76 bits per heavy atom. The molecule has 0 fully saturated rings. The number of ether oxygens (including phenoxy) is 1. The highest BCUT2D eigenvalue weighted by atomic mass is 79.9. The van der Waals surface area contributed by atoms with Gasteiger partial charge in [-0.1, -0.05) is 35.9 Å². The number of amides is 2. The molecule has 0 heterocycles. The largest absolute Gasteiger partial charge is 0.483 e. The normalized spacial score (nSPS) is 10.9. The minimum Gasteiger partial charge on any atom is -0.483 e. The molecule has 0 spiro atoms. The van der Waals surface area contributed by atoms with Crippen molar-refractivity contribution in [2.75, 3.05) is 17.2 Å². The molecule has 3 aromatic carbocycles. The van der Waals surface area contributed by atoms with Crippen molar-refractivity contribution in [2.45, 2.75) is 20.8 Å². The van der Waals surface area contributed by atoms with Crippen molar-refractivity contribution in [3.63, 3.8) is 0 Å². The third kappa shape index (κ3) is 6.56. The maximum atomic E-state index is 12.6. The molecular formula is C27H24BrN3O3. The summed E-state index contributed by atoms with van der Waals surface area (Å²) in [6.07, 6.45) is 1.50. The summed E-state index contributed by atoms with van der Waals surface area (Å²) >= 11 is 3.42. The van der Waals surface area contributed by atoms with Gasteiger partial charge in [0.05, 0.1) is 4.47 Å². The van der Waals surface area contributed by atoms with Crippen LogP contribution in [0.3, 0.4) is 0 Å². The fourth-order valence-electron chi connectivity index (χ4n) is 3.09. The summed E-state index contributed by atoms with van der Waals surface area (Å²) in [4.78, 5) is 24.8. The molecule has 0 saturated heterocycles. The maximum Gasteiger partial charge on any atom is 0.266 e. The summed E-state index contributed by atoms with van der Waals surface area (Å²) in [7, 11) is 0. The van der Waals surface area contributed by atoms with Gasteiger partial charge in [0.25, 0.3) is 11.8 Å². The molecule has 172 valence electrons. The summed E-state index contributed by atoms with van der Waals surface area (Å²) in [5.74, 6) is -0.301. The second kappa shape index (κ2) is 11.3. The Hall–Kier alpha value is -3.89. The molecule has 0 aliphatic rings. The number of benzene rings is 3. The number of halogens is 1.